The first-order valence-corrected chi connectivity index (χ1v) is 11.6. The van der Waals surface area contributed by atoms with Gasteiger partial charge in [-0.25, -0.2) is 19.9 Å². The van der Waals surface area contributed by atoms with E-state index < -0.39 is 104 Å². The zero-order valence-corrected chi connectivity index (χ0v) is 20.8. The molecule has 0 unspecified atom stereocenters. The standard InChI is InChI=1S/C26H8F12N4O2/c27-23(28,29)11-5-1-9(2-6-11)13-21(25(33,34)35)41-17-15(39-13)19(43)16-18(20(17)44)42-22(26(36,37)38)14(40-16)10-3-7-12(8-4-10)24(30,31)32/h1-8H. The van der Waals surface area contributed by atoms with Gasteiger partial charge in [-0.1, -0.05) is 24.3 Å². The molecule has 0 saturated carbocycles. The molecule has 0 atom stereocenters. The van der Waals surface area contributed by atoms with Crippen molar-refractivity contribution in [2.24, 2.45) is 0 Å². The van der Waals surface area contributed by atoms with Gasteiger partial charge in [0.1, 0.15) is 34.2 Å². The molecular weight excluding hydrogens is 628 g/mol. The molecule has 1 aliphatic carbocycles. The second-order valence-electron chi connectivity index (χ2n) is 9.04. The summed E-state index contributed by atoms with van der Waals surface area (Å²) in [7, 11) is 0. The Labute approximate surface area is 235 Å². The van der Waals surface area contributed by atoms with Crippen molar-refractivity contribution in [1.82, 2.24) is 19.9 Å². The van der Waals surface area contributed by atoms with E-state index in [4.69, 9.17) is 0 Å². The van der Waals surface area contributed by atoms with Crippen molar-refractivity contribution in [2.45, 2.75) is 24.7 Å². The molecule has 1 aliphatic rings. The van der Waals surface area contributed by atoms with E-state index in [0.717, 1.165) is 0 Å². The third kappa shape index (κ3) is 5.35. The summed E-state index contributed by atoms with van der Waals surface area (Å²) in [6.45, 7) is 0. The highest BCUT2D eigenvalue weighted by atomic mass is 19.4. The van der Waals surface area contributed by atoms with Crippen molar-refractivity contribution < 1.29 is 62.3 Å². The quantitative estimate of drug-likeness (QED) is 0.187. The number of fused-ring (bicyclic) bond motifs is 2. The van der Waals surface area contributed by atoms with Crippen molar-refractivity contribution in [3.05, 3.63) is 93.8 Å². The van der Waals surface area contributed by atoms with Crippen LogP contribution in [0, 0.1) is 0 Å². The number of aromatic nitrogens is 4. The number of carbonyl (C=O) groups excluding carboxylic acids is 2. The van der Waals surface area contributed by atoms with Gasteiger partial charge in [0.05, 0.1) is 11.1 Å². The summed E-state index contributed by atoms with van der Waals surface area (Å²) in [4.78, 5) is 39.7. The molecule has 0 bridgehead atoms. The van der Waals surface area contributed by atoms with Gasteiger partial charge >= 0.3 is 24.7 Å². The normalized spacial score (nSPS) is 14.0. The van der Waals surface area contributed by atoms with Gasteiger partial charge in [0.25, 0.3) is 0 Å². The molecule has 0 amide bonds. The molecule has 0 aliphatic heterocycles. The lowest BCUT2D eigenvalue weighted by Crippen LogP contribution is -2.30. The minimum atomic E-state index is -5.42. The summed E-state index contributed by atoms with van der Waals surface area (Å²) in [5, 5.41) is 0. The SMILES string of the molecule is O=C1c2nc(-c3ccc(C(F)(F)F)cc3)c(C(F)(F)F)nc2C(=O)c2nc(C(F)(F)F)c(-c3ccc(C(F)(F)F)cc3)nc21. The van der Waals surface area contributed by atoms with Gasteiger partial charge in [0.2, 0.25) is 11.6 Å². The van der Waals surface area contributed by atoms with Gasteiger partial charge in [0, 0.05) is 11.1 Å². The van der Waals surface area contributed by atoms with Gasteiger partial charge in [-0.2, -0.15) is 52.7 Å². The minimum absolute atomic E-state index is 0.416. The van der Waals surface area contributed by atoms with Crippen molar-refractivity contribution in [1.29, 1.82) is 0 Å². The van der Waals surface area contributed by atoms with Gasteiger partial charge in [-0.05, 0) is 24.3 Å². The molecule has 2 aromatic carbocycles. The van der Waals surface area contributed by atoms with E-state index in [2.05, 4.69) is 19.9 Å². The van der Waals surface area contributed by atoms with Gasteiger partial charge in [-0.15, -0.1) is 0 Å². The maximum Gasteiger partial charge on any atom is 0.435 e. The number of ketones is 2. The fraction of sp³-hybridized carbons (Fsp3) is 0.154. The fourth-order valence-electron chi connectivity index (χ4n) is 4.16. The first-order valence-electron chi connectivity index (χ1n) is 11.6. The predicted molar refractivity (Wildman–Crippen MR) is 122 cm³/mol. The zero-order valence-electron chi connectivity index (χ0n) is 20.8. The lowest BCUT2D eigenvalue weighted by Gasteiger charge is -2.21. The fourth-order valence-corrected chi connectivity index (χ4v) is 4.16. The molecule has 0 radical (unpaired) electrons. The second-order valence-corrected chi connectivity index (χ2v) is 9.04. The Morgan fingerprint density at radius 3 is 0.886 bits per heavy atom. The van der Waals surface area contributed by atoms with Crippen LogP contribution in [0.3, 0.4) is 0 Å². The average Bonchev–Trinajstić information content (AvgIpc) is 2.93. The maximum atomic E-state index is 13.9. The Hall–Kier alpha value is -4.90. The summed E-state index contributed by atoms with van der Waals surface area (Å²) in [5.74, 6) is -3.25. The molecule has 0 fully saturated rings. The van der Waals surface area contributed by atoms with Crippen LogP contribution in [-0.2, 0) is 24.7 Å². The van der Waals surface area contributed by atoms with Crippen LogP contribution in [0.4, 0.5) is 52.7 Å². The molecule has 44 heavy (non-hydrogen) atoms. The number of carbonyl (C=O) groups is 2. The molecule has 0 spiro atoms. The van der Waals surface area contributed by atoms with Crippen molar-refractivity contribution in [3.8, 4) is 22.5 Å². The third-order valence-electron chi connectivity index (χ3n) is 6.16. The van der Waals surface area contributed by atoms with E-state index in [1.54, 1.807) is 0 Å². The van der Waals surface area contributed by atoms with Crippen molar-refractivity contribution >= 4 is 11.6 Å². The molecule has 2 heterocycles. The van der Waals surface area contributed by atoms with Gasteiger partial charge in [0.15, 0.2) is 11.4 Å². The Kier molecular flexibility index (Phi) is 6.81. The summed E-state index contributed by atoms with van der Waals surface area (Å²) >= 11 is 0. The number of nitrogens with zero attached hydrogens (tertiary/aromatic N) is 4. The number of benzene rings is 2. The summed E-state index contributed by atoms with van der Waals surface area (Å²) in [5.41, 5.74) is -14.9. The molecule has 6 nitrogen and oxygen atoms in total. The van der Waals surface area contributed by atoms with E-state index >= 15 is 0 Å². The molecule has 5 rings (SSSR count). The Balaban J connectivity index is 1.71. The van der Waals surface area contributed by atoms with Crippen molar-refractivity contribution in [2.75, 3.05) is 0 Å². The number of halogens is 12. The Bertz CT molecular complexity index is 1690. The largest absolute Gasteiger partial charge is 0.435 e. The first kappa shape index (κ1) is 30.6. The molecule has 18 heteroatoms. The number of hydrogen-bond acceptors (Lipinski definition) is 6. The second kappa shape index (κ2) is 9.81. The topological polar surface area (TPSA) is 85.7 Å². The Morgan fingerprint density at radius 2 is 0.636 bits per heavy atom. The third-order valence-corrected chi connectivity index (χ3v) is 6.16. The van der Waals surface area contributed by atoms with Gasteiger partial charge < -0.3 is 0 Å². The summed E-state index contributed by atoms with van der Waals surface area (Å²) in [6.07, 6.45) is -20.6. The predicted octanol–water partition coefficient (Wildman–Crippen LogP) is 7.45. The average molecular weight is 636 g/mol. The molecule has 2 aromatic heterocycles. The smallest absolute Gasteiger partial charge is 0.285 e. The number of rotatable bonds is 2. The lowest BCUT2D eigenvalue weighted by molar-refractivity contribution is -0.141. The van der Waals surface area contributed by atoms with Crippen LogP contribution in [0.5, 0.6) is 0 Å². The highest BCUT2D eigenvalue weighted by Crippen LogP contribution is 2.41. The highest BCUT2D eigenvalue weighted by Gasteiger charge is 2.45. The monoisotopic (exact) mass is 636 g/mol. The zero-order chi connectivity index (χ0) is 32.6. The maximum absolute atomic E-state index is 13.9. The summed E-state index contributed by atoms with van der Waals surface area (Å²) in [6, 6.07) is 4.04. The van der Waals surface area contributed by atoms with Crippen LogP contribution in [-0.4, -0.2) is 31.5 Å². The van der Waals surface area contributed by atoms with Crippen LogP contribution in [0.1, 0.15) is 54.9 Å². The van der Waals surface area contributed by atoms with Crippen LogP contribution in [0.2, 0.25) is 0 Å². The van der Waals surface area contributed by atoms with Crippen molar-refractivity contribution in [3.63, 3.8) is 0 Å². The van der Waals surface area contributed by atoms with Crippen LogP contribution < -0.4 is 0 Å². The van der Waals surface area contributed by atoms with Gasteiger partial charge in [-0.3, -0.25) is 9.59 Å². The van der Waals surface area contributed by atoms with Crippen LogP contribution in [0.15, 0.2) is 48.5 Å². The number of alkyl halides is 12. The van der Waals surface area contributed by atoms with E-state index in [0.29, 0.717) is 48.5 Å². The Morgan fingerprint density at radius 1 is 0.364 bits per heavy atom. The number of hydrogen-bond donors (Lipinski definition) is 0. The van der Waals surface area contributed by atoms with E-state index in [1.165, 1.54) is 0 Å². The highest BCUT2D eigenvalue weighted by molar-refractivity contribution is 6.25. The lowest BCUT2D eigenvalue weighted by atomic mass is 9.95. The van der Waals surface area contributed by atoms with E-state index in [9.17, 15) is 62.3 Å². The van der Waals surface area contributed by atoms with Crippen LogP contribution >= 0.6 is 0 Å². The molecule has 228 valence electrons. The molecular formula is C26H8F12N4O2. The first-order chi connectivity index (χ1) is 20.2. The van der Waals surface area contributed by atoms with E-state index in [1.807, 2.05) is 0 Å². The summed E-state index contributed by atoms with van der Waals surface area (Å²) < 4.78 is 161. The minimum Gasteiger partial charge on any atom is -0.285 e. The molecule has 0 N–H and O–H groups in total. The van der Waals surface area contributed by atoms with E-state index in [-0.39, 0.29) is 0 Å². The van der Waals surface area contributed by atoms with Crippen LogP contribution in [0.25, 0.3) is 22.5 Å². The molecule has 0 saturated heterocycles. The molecule has 4 aromatic rings.